The molecule has 1 heterocycles. The molecule has 1 saturated heterocycles. The molecular weight excluding hydrogens is 256 g/mol. The molecule has 0 aromatic heterocycles. The zero-order valence-electron chi connectivity index (χ0n) is 9.88. The van der Waals surface area contributed by atoms with E-state index in [9.17, 15) is 8.78 Å². The predicted octanol–water partition coefficient (Wildman–Crippen LogP) is 2.19. The van der Waals surface area contributed by atoms with Crippen molar-refractivity contribution < 1.29 is 8.78 Å². The van der Waals surface area contributed by atoms with Gasteiger partial charge in [0.15, 0.2) is 0 Å². The summed E-state index contributed by atoms with van der Waals surface area (Å²) in [7, 11) is 0. The third-order valence-electron chi connectivity index (χ3n) is 2.87. The molecule has 3 N–H and O–H groups in total. The minimum absolute atomic E-state index is 0.00231. The summed E-state index contributed by atoms with van der Waals surface area (Å²) in [6, 6.07) is 2.25. The van der Waals surface area contributed by atoms with Crippen LogP contribution in [0.15, 0.2) is 12.1 Å². The maximum absolute atomic E-state index is 13.9. The van der Waals surface area contributed by atoms with Gasteiger partial charge in [0, 0.05) is 24.4 Å². The van der Waals surface area contributed by atoms with E-state index in [1.165, 1.54) is 0 Å². The largest absolute Gasteiger partial charge is 0.384 e. The number of anilines is 1. The molecule has 6 heteroatoms. The highest BCUT2D eigenvalue weighted by Crippen LogP contribution is 2.27. The Kier molecular flexibility index (Phi) is 4.06. The lowest BCUT2D eigenvalue weighted by molar-refractivity contribution is 0.571. The van der Waals surface area contributed by atoms with Gasteiger partial charge in [-0.15, -0.1) is 0 Å². The zero-order valence-corrected chi connectivity index (χ0v) is 10.7. The van der Waals surface area contributed by atoms with Crippen molar-refractivity contribution in [2.45, 2.75) is 6.42 Å². The molecule has 0 radical (unpaired) electrons. The van der Waals surface area contributed by atoms with Crippen LogP contribution in [0.25, 0.3) is 0 Å². The molecule has 98 valence electrons. The lowest BCUT2D eigenvalue weighted by Crippen LogP contribution is -2.28. The first-order chi connectivity index (χ1) is 8.59. The van der Waals surface area contributed by atoms with Gasteiger partial charge in [-0.25, -0.2) is 8.78 Å². The number of halogens is 2. The Morgan fingerprint density at radius 1 is 1.22 bits per heavy atom. The molecule has 0 bridgehead atoms. The molecule has 0 spiro atoms. The van der Waals surface area contributed by atoms with Gasteiger partial charge in [-0.1, -0.05) is 0 Å². The molecule has 1 aliphatic heterocycles. The number of thioether (sulfide) groups is 1. The summed E-state index contributed by atoms with van der Waals surface area (Å²) < 4.78 is 27.9. The van der Waals surface area contributed by atoms with E-state index in [4.69, 9.17) is 11.1 Å². The van der Waals surface area contributed by atoms with Gasteiger partial charge in [0.2, 0.25) is 0 Å². The molecule has 1 aliphatic rings. The number of nitrogens with two attached hydrogens (primary N) is 1. The summed E-state index contributed by atoms with van der Waals surface area (Å²) in [5.74, 6) is 0.267. The van der Waals surface area contributed by atoms with Crippen LogP contribution >= 0.6 is 11.8 Å². The van der Waals surface area contributed by atoms with E-state index >= 15 is 0 Å². The first-order valence-corrected chi connectivity index (χ1v) is 6.91. The average molecular weight is 271 g/mol. The van der Waals surface area contributed by atoms with Crippen molar-refractivity contribution in [3.8, 4) is 0 Å². The molecule has 0 amide bonds. The van der Waals surface area contributed by atoms with Gasteiger partial charge in [0.05, 0.1) is 0 Å². The van der Waals surface area contributed by atoms with Gasteiger partial charge in [0.1, 0.15) is 23.2 Å². The first-order valence-electron chi connectivity index (χ1n) is 5.75. The van der Waals surface area contributed by atoms with Crippen molar-refractivity contribution in [1.82, 2.24) is 0 Å². The fourth-order valence-corrected chi connectivity index (χ4v) is 2.88. The Morgan fingerprint density at radius 2 is 1.89 bits per heavy atom. The minimum atomic E-state index is -0.646. The van der Waals surface area contributed by atoms with Crippen molar-refractivity contribution in [1.29, 1.82) is 5.41 Å². The minimum Gasteiger partial charge on any atom is -0.384 e. The molecule has 18 heavy (non-hydrogen) atoms. The van der Waals surface area contributed by atoms with Gasteiger partial charge in [-0.2, -0.15) is 11.8 Å². The Hall–Kier alpha value is -1.30. The van der Waals surface area contributed by atoms with E-state index in [0.29, 0.717) is 13.1 Å². The maximum Gasteiger partial charge on any atom is 0.150 e. The fourth-order valence-electron chi connectivity index (χ4n) is 1.99. The number of nitrogens with zero attached hydrogens (tertiary/aromatic N) is 1. The topological polar surface area (TPSA) is 53.1 Å². The molecule has 1 fully saturated rings. The number of benzene rings is 1. The van der Waals surface area contributed by atoms with E-state index < -0.39 is 11.6 Å². The fraction of sp³-hybridized carbons (Fsp3) is 0.417. The van der Waals surface area contributed by atoms with Gasteiger partial charge in [0.25, 0.3) is 0 Å². The quantitative estimate of drug-likeness (QED) is 0.640. The lowest BCUT2D eigenvalue weighted by Gasteiger charge is -2.23. The van der Waals surface area contributed by atoms with Gasteiger partial charge in [-0.3, -0.25) is 5.41 Å². The van der Waals surface area contributed by atoms with Crippen LogP contribution in [-0.2, 0) is 0 Å². The molecule has 0 aliphatic carbocycles. The van der Waals surface area contributed by atoms with Crippen LogP contribution in [0.1, 0.15) is 12.0 Å². The number of hydrogen-bond donors (Lipinski definition) is 2. The van der Waals surface area contributed by atoms with Crippen LogP contribution in [0, 0.1) is 17.0 Å². The summed E-state index contributed by atoms with van der Waals surface area (Å²) >= 11 is 1.79. The van der Waals surface area contributed by atoms with Crippen LogP contribution in [0.2, 0.25) is 0 Å². The maximum atomic E-state index is 13.9. The predicted molar refractivity (Wildman–Crippen MR) is 71.5 cm³/mol. The molecule has 0 unspecified atom stereocenters. The summed E-state index contributed by atoms with van der Waals surface area (Å²) in [6.07, 6.45) is 0.915. The third-order valence-corrected chi connectivity index (χ3v) is 3.91. The van der Waals surface area contributed by atoms with Crippen molar-refractivity contribution in [3.63, 3.8) is 0 Å². The van der Waals surface area contributed by atoms with Gasteiger partial charge in [-0.05, 0) is 24.3 Å². The van der Waals surface area contributed by atoms with E-state index in [2.05, 4.69) is 0 Å². The van der Waals surface area contributed by atoms with Gasteiger partial charge < -0.3 is 10.6 Å². The summed E-state index contributed by atoms with van der Waals surface area (Å²) in [6.45, 7) is 1.29. The number of hydrogen-bond acceptors (Lipinski definition) is 3. The van der Waals surface area contributed by atoms with Crippen molar-refractivity contribution >= 4 is 23.3 Å². The van der Waals surface area contributed by atoms with E-state index in [1.807, 2.05) is 0 Å². The van der Waals surface area contributed by atoms with Crippen molar-refractivity contribution in [3.05, 3.63) is 29.3 Å². The number of amidine groups is 1. The standard InChI is InChI=1S/C12H15F2N3S/c13-9-6-8(12(15)16)7-10(14)11(9)17-2-1-4-18-5-3-17/h6-7H,1-5H2,(H3,15,16). The molecule has 2 rings (SSSR count). The highest BCUT2D eigenvalue weighted by molar-refractivity contribution is 7.99. The van der Waals surface area contributed by atoms with E-state index in [-0.39, 0.29) is 17.1 Å². The third kappa shape index (κ3) is 2.75. The SMILES string of the molecule is N=C(N)c1cc(F)c(N2CCCSCC2)c(F)c1. The molecular formula is C12H15F2N3S. The smallest absolute Gasteiger partial charge is 0.150 e. The summed E-state index contributed by atoms with van der Waals surface area (Å²) in [4.78, 5) is 1.73. The number of nitrogens with one attached hydrogen (secondary N) is 1. The molecule has 0 atom stereocenters. The van der Waals surface area contributed by atoms with E-state index in [1.54, 1.807) is 16.7 Å². The second-order valence-corrected chi connectivity index (χ2v) is 5.38. The Morgan fingerprint density at radius 3 is 2.50 bits per heavy atom. The van der Waals surface area contributed by atoms with Crippen LogP contribution in [0.3, 0.4) is 0 Å². The van der Waals surface area contributed by atoms with Gasteiger partial charge >= 0.3 is 0 Å². The molecule has 1 aromatic carbocycles. The zero-order chi connectivity index (χ0) is 13.1. The normalized spacial score (nSPS) is 16.4. The molecule has 0 saturated carbocycles. The Labute approximate surface area is 109 Å². The lowest BCUT2D eigenvalue weighted by atomic mass is 10.1. The molecule has 3 nitrogen and oxygen atoms in total. The summed E-state index contributed by atoms with van der Waals surface area (Å²) in [5, 5.41) is 7.21. The second kappa shape index (κ2) is 5.56. The van der Waals surface area contributed by atoms with Crippen LogP contribution in [0.4, 0.5) is 14.5 Å². The highest BCUT2D eigenvalue weighted by atomic mass is 32.2. The number of nitrogen functional groups attached to an aromatic ring is 1. The van der Waals surface area contributed by atoms with Crippen LogP contribution in [0.5, 0.6) is 0 Å². The van der Waals surface area contributed by atoms with E-state index in [0.717, 1.165) is 30.1 Å². The number of rotatable bonds is 2. The van der Waals surface area contributed by atoms with Crippen LogP contribution in [-0.4, -0.2) is 30.4 Å². The first kappa shape index (κ1) is 13.1. The second-order valence-electron chi connectivity index (χ2n) is 4.16. The molecule has 1 aromatic rings. The monoisotopic (exact) mass is 271 g/mol. The summed E-state index contributed by atoms with van der Waals surface area (Å²) in [5.41, 5.74) is 5.32. The Bertz CT molecular complexity index is 434. The average Bonchev–Trinajstić information content (AvgIpc) is 2.57. The van der Waals surface area contributed by atoms with Crippen LogP contribution < -0.4 is 10.6 Å². The van der Waals surface area contributed by atoms with Crippen molar-refractivity contribution in [2.75, 3.05) is 29.5 Å². The highest BCUT2D eigenvalue weighted by Gasteiger charge is 2.19. The Balaban J connectivity index is 2.34. The van der Waals surface area contributed by atoms with Crippen molar-refractivity contribution in [2.24, 2.45) is 5.73 Å².